The van der Waals surface area contributed by atoms with Gasteiger partial charge in [0.05, 0.1) is 25.4 Å². The molecule has 0 saturated heterocycles. The van der Waals surface area contributed by atoms with Gasteiger partial charge in [0.2, 0.25) is 5.91 Å². The molecule has 0 radical (unpaired) electrons. The van der Waals surface area contributed by atoms with Crippen LogP contribution in [-0.2, 0) is 14.3 Å². The summed E-state index contributed by atoms with van der Waals surface area (Å²) in [4.78, 5) is 24.5. The lowest BCUT2D eigenvalue weighted by atomic mass is 10.0. The number of allylic oxidation sites excluding steroid dienone is 7. The largest absolute Gasteiger partial charge is 0.466 e. The lowest BCUT2D eigenvalue weighted by Crippen LogP contribution is -2.45. The van der Waals surface area contributed by atoms with Gasteiger partial charge < -0.3 is 20.3 Å². The summed E-state index contributed by atoms with van der Waals surface area (Å²) in [6.07, 6.45) is 66.9. The average Bonchev–Trinajstić information content (AvgIpc) is 3.29. The highest BCUT2D eigenvalue weighted by Crippen LogP contribution is 2.15. The van der Waals surface area contributed by atoms with Crippen LogP contribution in [-0.4, -0.2) is 47.4 Å². The Bertz CT molecular complexity index is 1080. The van der Waals surface area contributed by atoms with Gasteiger partial charge in [-0.3, -0.25) is 9.59 Å². The topological polar surface area (TPSA) is 95.9 Å². The van der Waals surface area contributed by atoms with Crippen LogP contribution in [0.3, 0.4) is 0 Å². The van der Waals surface area contributed by atoms with Gasteiger partial charge in [0.1, 0.15) is 0 Å². The fraction of sp³-hybridized carbons (Fsp3) is 0.828. The number of esters is 1. The van der Waals surface area contributed by atoms with E-state index >= 15 is 0 Å². The fourth-order valence-electron chi connectivity index (χ4n) is 8.26. The first kappa shape index (κ1) is 61.8. The van der Waals surface area contributed by atoms with E-state index in [1.54, 1.807) is 6.08 Å². The molecule has 0 rings (SSSR count). The lowest BCUT2D eigenvalue weighted by molar-refractivity contribution is -0.143. The van der Waals surface area contributed by atoms with Gasteiger partial charge in [0.25, 0.3) is 0 Å². The number of unbranched alkanes of at least 4 members (excludes halogenated alkanes) is 35. The van der Waals surface area contributed by atoms with Crippen molar-refractivity contribution in [3.05, 3.63) is 48.6 Å². The van der Waals surface area contributed by atoms with E-state index in [2.05, 4.69) is 55.6 Å². The predicted molar refractivity (Wildman–Crippen MR) is 278 cm³/mol. The van der Waals surface area contributed by atoms with Crippen LogP contribution >= 0.6 is 0 Å². The Hall–Kier alpha value is -2.18. The Morgan fingerprint density at radius 2 is 0.781 bits per heavy atom. The van der Waals surface area contributed by atoms with Crippen LogP contribution in [0.25, 0.3) is 0 Å². The van der Waals surface area contributed by atoms with E-state index in [0.717, 1.165) is 77.0 Å². The van der Waals surface area contributed by atoms with Gasteiger partial charge in [-0.15, -0.1) is 0 Å². The molecule has 64 heavy (non-hydrogen) atoms. The van der Waals surface area contributed by atoms with Crippen LogP contribution in [0.5, 0.6) is 0 Å². The van der Waals surface area contributed by atoms with Crippen molar-refractivity contribution >= 4 is 11.9 Å². The summed E-state index contributed by atoms with van der Waals surface area (Å²) in [5.74, 6) is -0.118. The first-order chi connectivity index (χ1) is 31.5. The van der Waals surface area contributed by atoms with E-state index in [1.165, 1.54) is 180 Å². The highest BCUT2D eigenvalue weighted by atomic mass is 16.5. The molecular weight excluding hydrogens is 791 g/mol. The number of carbonyl (C=O) groups excluding carboxylic acids is 2. The van der Waals surface area contributed by atoms with Crippen molar-refractivity contribution in [1.82, 2.24) is 5.32 Å². The second-order valence-corrected chi connectivity index (χ2v) is 18.9. The maximum absolute atomic E-state index is 12.4. The minimum Gasteiger partial charge on any atom is -0.466 e. The minimum absolute atomic E-state index is 0.0264. The van der Waals surface area contributed by atoms with Crippen LogP contribution in [0, 0.1) is 0 Å². The lowest BCUT2D eigenvalue weighted by Gasteiger charge is -2.20. The van der Waals surface area contributed by atoms with Gasteiger partial charge in [0, 0.05) is 12.8 Å². The number of hydrogen-bond acceptors (Lipinski definition) is 5. The van der Waals surface area contributed by atoms with Crippen molar-refractivity contribution in [2.24, 2.45) is 0 Å². The maximum Gasteiger partial charge on any atom is 0.305 e. The summed E-state index contributed by atoms with van der Waals surface area (Å²) >= 11 is 0. The van der Waals surface area contributed by atoms with Crippen molar-refractivity contribution in [3.8, 4) is 0 Å². The van der Waals surface area contributed by atoms with Gasteiger partial charge in [-0.05, 0) is 89.9 Å². The first-order valence-electron chi connectivity index (χ1n) is 27.9. The van der Waals surface area contributed by atoms with Crippen molar-refractivity contribution in [2.45, 2.75) is 296 Å². The van der Waals surface area contributed by atoms with Crippen LogP contribution < -0.4 is 5.32 Å². The monoisotopic (exact) mass is 898 g/mol. The molecule has 0 fully saturated rings. The fourth-order valence-corrected chi connectivity index (χ4v) is 8.26. The number of amides is 1. The summed E-state index contributed by atoms with van der Waals surface area (Å²) in [5.41, 5.74) is 0. The number of aliphatic hydroxyl groups excluding tert-OH is 2. The van der Waals surface area contributed by atoms with Crippen LogP contribution in [0.2, 0.25) is 0 Å². The van der Waals surface area contributed by atoms with Crippen LogP contribution in [0.4, 0.5) is 0 Å². The molecule has 3 N–H and O–H groups in total. The molecule has 0 bridgehead atoms. The molecule has 374 valence electrons. The molecule has 0 aliphatic rings. The van der Waals surface area contributed by atoms with E-state index in [1.807, 2.05) is 6.08 Å². The quantitative estimate of drug-likeness (QED) is 0.0245. The highest BCUT2D eigenvalue weighted by Gasteiger charge is 2.18. The molecule has 0 saturated carbocycles. The predicted octanol–water partition coefficient (Wildman–Crippen LogP) is 17.0. The highest BCUT2D eigenvalue weighted by molar-refractivity contribution is 5.76. The molecule has 1 amide bonds. The number of nitrogens with one attached hydrogen (secondary N) is 1. The Kier molecular flexibility index (Phi) is 51.6. The average molecular weight is 898 g/mol. The smallest absolute Gasteiger partial charge is 0.305 e. The van der Waals surface area contributed by atoms with E-state index in [0.29, 0.717) is 19.4 Å². The van der Waals surface area contributed by atoms with E-state index in [9.17, 15) is 19.8 Å². The molecule has 0 spiro atoms. The summed E-state index contributed by atoms with van der Waals surface area (Å²) in [6.45, 7) is 4.84. The number of aliphatic hydroxyl groups is 2. The van der Waals surface area contributed by atoms with E-state index < -0.39 is 12.1 Å². The normalized spacial score (nSPS) is 13.0. The number of ether oxygens (including phenoxy) is 1. The summed E-state index contributed by atoms with van der Waals surface area (Å²) < 4.78 is 5.45. The zero-order valence-corrected chi connectivity index (χ0v) is 42.5. The number of rotatable bonds is 51. The molecule has 2 unspecified atom stereocenters. The summed E-state index contributed by atoms with van der Waals surface area (Å²) in [7, 11) is 0. The molecule has 0 heterocycles. The third-order valence-electron chi connectivity index (χ3n) is 12.6. The van der Waals surface area contributed by atoms with Gasteiger partial charge >= 0.3 is 5.97 Å². The molecule has 0 aromatic carbocycles. The van der Waals surface area contributed by atoms with Crippen molar-refractivity contribution in [3.63, 3.8) is 0 Å². The Balaban J connectivity index is 3.54. The molecule has 6 heteroatoms. The van der Waals surface area contributed by atoms with Gasteiger partial charge in [-0.25, -0.2) is 0 Å². The minimum atomic E-state index is -0.859. The van der Waals surface area contributed by atoms with Crippen molar-refractivity contribution in [2.75, 3.05) is 13.2 Å². The van der Waals surface area contributed by atoms with Crippen molar-refractivity contribution in [1.29, 1.82) is 0 Å². The van der Waals surface area contributed by atoms with Gasteiger partial charge in [-0.2, -0.15) is 0 Å². The SMILES string of the molecule is CCCCCCCCC/C=C\CCCCCCCCCC(=O)OCCCCC/C=C\C=C/CCCCCCCCC(=O)NC(CO)C(O)/C=C/CCCCCCCCCCCCCC. The summed E-state index contributed by atoms with van der Waals surface area (Å²) in [6, 6.07) is -0.645. The zero-order valence-electron chi connectivity index (χ0n) is 42.5. The van der Waals surface area contributed by atoms with Crippen LogP contribution in [0.1, 0.15) is 284 Å². The third kappa shape index (κ3) is 49.3. The molecule has 0 aromatic heterocycles. The van der Waals surface area contributed by atoms with Crippen molar-refractivity contribution < 1.29 is 24.5 Å². The van der Waals surface area contributed by atoms with Gasteiger partial charge in [0.15, 0.2) is 0 Å². The van der Waals surface area contributed by atoms with Gasteiger partial charge in [-0.1, -0.05) is 229 Å². The first-order valence-corrected chi connectivity index (χ1v) is 27.9. The zero-order chi connectivity index (χ0) is 46.5. The maximum atomic E-state index is 12.4. The molecule has 0 aromatic rings. The number of hydrogen-bond donors (Lipinski definition) is 3. The van der Waals surface area contributed by atoms with Crippen LogP contribution in [0.15, 0.2) is 48.6 Å². The molecule has 6 nitrogen and oxygen atoms in total. The number of carbonyl (C=O) groups is 2. The Morgan fingerprint density at radius 1 is 0.438 bits per heavy atom. The molecule has 2 atom stereocenters. The standard InChI is InChI=1S/C58H107NO5/c1-3-5-7-9-11-13-15-17-19-20-21-24-28-32-36-40-44-48-52-58(63)64-53-49-45-41-37-33-29-25-22-23-27-31-35-39-43-47-51-57(62)59-55(54-60)56(61)50-46-42-38-34-30-26-18-16-14-12-10-8-6-4-2/h19-20,22,25,29,33,46,50,55-56,60-61H,3-18,21,23-24,26-28,30-32,34-45,47-49,51-54H2,1-2H3,(H,59,62)/b20-19-,25-22-,33-29-,50-46+. The second-order valence-electron chi connectivity index (χ2n) is 18.9. The third-order valence-corrected chi connectivity index (χ3v) is 12.6. The Morgan fingerprint density at radius 3 is 1.20 bits per heavy atom. The second kappa shape index (κ2) is 53.4. The van der Waals surface area contributed by atoms with E-state index in [-0.39, 0.29) is 18.5 Å². The summed E-state index contributed by atoms with van der Waals surface area (Å²) in [5, 5.41) is 23.0. The van der Waals surface area contributed by atoms with E-state index in [4.69, 9.17) is 4.74 Å². The molecule has 0 aliphatic heterocycles. The molecule has 0 aliphatic carbocycles. The Labute approximate surface area is 397 Å². The molecular formula is C58H107NO5.